The van der Waals surface area contributed by atoms with Crippen molar-refractivity contribution in [3.05, 3.63) is 30.3 Å². The molecule has 0 radical (unpaired) electrons. The fourth-order valence-electron chi connectivity index (χ4n) is 1.78. The van der Waals surface area contributed by atoms with E-state index in [0.29, 0.717) is 0 Å². The molecule has 104 valence electrons. The monoisotopic (exact) mass is 327 g/mol. The summed E-state index contributed by atoms with van der Waals surface area (Å²) in [5, 5.41) is -0.135. The molecule has 0 saturated heterocycles. The van der Waals surface area contributed by atoms with Gasteiger partial charge in [-0.05, 0) is 18.2 Å². The zero-order chi connectivity index (χ0) is 14.4. The molecular formula is C10H10NNaO6S2. The molecule has 4 N–H and O–H groups in total. The summed E-state index contributed by atoms with van der Waals surface area (Å²) < 4.78 is 63.1. The van der Waals surface area contributed by atoms with Crippen LogP contribution >= 0.6 is 0 Å². The van der Waals surface area contributed by atoms with Gasteiger partial charge in [0, 0.05) is 16.5 Å². The van der Waals surface area contributed by atoms with Crippen LogP contribution < -0.4 is 35.3 Å². The molecule has 0 saturated carbocycles. The number of hydrogen-bond acceptors (Lipinski definition) is 5. The number of rotatable bonds is 2. The Morgan fingerprint density at radius 1 is 0.900 bits per heavy atom. The quantitative estimate of drug-likeness (QED) is 0.331. The average molecular weight is 327 g/mol. The van der Waals surface area contributed by atoms with Gasteiger partial charge in [0.2, 0.25) is 0 Å². The van der Waals surface area contributed by atoms with Crippen LogP contribution in [0.15, 0.2) is 40.1 Å². The third-order valence-corrected chi connectivity index (χ3v) is 4.30. The molecule has 0 aliphatic heterocycles. The van der Waals surface area contributed by atoms with Crippen molar-refractivity contribution in [3.8, 4) is 0 Å². The van der Waals surface area contributed by atoms with E-state index in [0.717, 1.165) is 12.1 Å². The van der Waals surface area contributed by atoms with Crippen LogP contribution in [0.2, 0.25) is 0 Å². The fourth-order valence-corrected chi connectivity index (χ4v) is 3.22. The van der Waals surface area contributed by atoms with Crippen molar-refractivity contribution < 1.29 is 56.9 Å². The first-order valence-electron chi connectivity index (χ1n) is 4.88. The summed E-state index contributed by atoms with van der Waals surface area (Å²) in [6, 6.07) is 5.85. The molecule has 0 aliphatic carbocycles. The molecule has 0 unspecified atom stereocenters. The summed E-state index contributed by atoms with van der Waals surface area (Å²) in [6.07, 6.45) is 0. The van der Waals surface area contributed by atoms with Crippen LogP contribution in [-0.2, 0) is 20.2 Å². The smallest absolute Gasteiger partial charge is 1.00 e. The topological polar surface area (TPSA) is 135 Å². The molecule has 2 aromatic carbocycles. The second kappa shape index (κ2) is 5.60. The van der Waals surface area contributed by atoms with Gasteiger partial charge in [-0.2, -0.15) is 16.8 Å². The predicted molar refractivity (Wildman–Crippen MR) is 69.1 cm³/mol. The van der Waals surface area contributed by atoms with Gasteiger partial charge in [0.25, 0.3) is 20.2 Å². The third kappa shape index (κ3) is 3.31. The van der Waals surface area contributed by atoms with Crippen molar-refractivity contribution in [2.45, 2.75) is 9.79 Å². The Morgan fingerprint density at radius 2 is 1.45 bits per heavy atom. The fraction of sp³-hybridized carbons (Fsp3) is 0. The molecule has 10 heteroatoms. The van der Waals surface area contributed by atoms with E-state index in [1.165, 1.54) is 18.2 Å². The summed E-state index contributed by atoms with van der Waals surface area (Å²) in [5.41, 5.74) is 5.42. The van der Waals surface area contributed by atoms with Crippen LogP contribution in [0, 0.1) is 0 Å². The first-order chi connectivity index (χ1) is 8.60. The Kier molecular flexibility index (Phi) is 4.87. The van der Waals surface area contributed by atoms with Gasteiger partial charge in [0.1, 0.15) is 9.79 Å². The van der Waals surface area contributed by atoms with Crippen molar-refractivity contribution in [2.24, 2.45) is 0 Å². The number of nitrogen functional groups attached to an aromatic ring is 1. The van der Waals surface area contributed by atoms with Gasteiger partial charge < -0.3 is 7.16 Å². The molecule has 0 bridgehead atoms. The molecule has 0 aliphatic rings. The molecular weight excluding hydrogens is 317 g/mol. The summed E-state index contributed by atoms with van der Waals surface area (Å²) >= 11 is 0. The molecule has 0 heterocycles. The number of benzene rings is 2. The van der Waals surface area contributed by atoms with E-state index in [4.69, 9.17) is 14.8 Å². The second-order valence-corrected chi connectivity index (χ2v) is 6.60. The first-order valence-corrected chi connectivity index (χ1v) is 7.76. The number of anilines is 1. The second-order valence-electron chi connectivity index (χ2n) is 3.82. The molecule has 2 rings (SSSR count). The summed E-state index contributed by atoms with van der Waals surface area (Å²) in [7, 11) is -9.11. The number of hydrogen-bond donors (Lipinski definition) is 3. The minimum atomic E-state index is -4.57. The molecule has 7 nitrogen and oxygen atoms in total. The summed E-state index contributed by atoms with van der Waals surface area (Å²) in [5.74, 6) is 0. The van der Waals surface area contributed by atoms with E-state index in [1.807, 2.05) is 0 Å². The van der Waals surface area contributed by atoms with Crippen molar-refractivity contribution >= 4 is 36.7 Å². The predicted octanol–water partition coefficient (Wildman–Crippen LogP) is -1.97. The van der Waals surface area contributed by atoms with Gasteiger partial charge in [0.15, 0.2) is 0 Å². The van der Waals surface area contributed by atoms with E-state index in [-0.39, 0.29) is 47.4 Å². The van der Waals surface area contributed by atoms with Crippen LogP contribution in [-0.4, -0.2) is 25.9 Å². The Hall–Kier alpha value is -0.680. The Bertz CT molecular complexity index is 882. The van der Waals surface area contributed by atoms with Crippen LogP contribution in [0.3, 0.4) is 0 Å². The zero-order valence-electron chi connectivity index (χ0n) is 11.3. The van der Waals surface area contributed by atoms with Gasteiger partial charge in [-0.1, -0.05) is 12.1 Å². The van der Waals surface area contributed by atoms with E-state index in [1.54, 1.807) is 0 Å². The summed E-state index contributed by atoms with van der Waals surface area (Å²) in [4.78, 5) is -1.00. The van der Waals surface area contributed by atoms with Crippen molar-refractivity contribution in [2.75, 3.05) is 5.73 Å². The normalized spacial score (nSPS) is 12.1. The van der Waals surface area contributed by atoms with E-state index >= 15 is 0 Å². The van der Waals surface area contributed by atoms with Crippen LogP contribution in [0.25, 0.3) is 10.8 Å². The molecule has 0 atom stereocenters. The number of nitrogens with two attached hydrogens (primary N) is 1. The maximum Gasteiger partial charge on any atom is 1.00 e. The van der Waals surface area contributed by atoms with Gasteiger partial charge in [-0.15, -0.1) is 0 Å². The van der Waals surface area contributed by atoms with Gasteiger partial charge in [-0.25, -0.2) is 0 Å². The molecule has 0 aromatic heterocycles. The molecule has 0 amide bonds. The van der Waals surface area contributed by atoms with Crippen molar-refractivity contribution in [3.63, 3.8) is 0 Å². The molecule has 2 aromatic rings. The van der Waals surface area contributed by atoms with Gasteiger partial charge in [-0.3, -0.25) is 9.11 Å². The first kappa shape index (κ1) is 17.4. The minimum Gasteiger partial charge on any atom is -1.00 e. The Morgan fingerprint density at radius 3 is 1.95 bits per heavy atom. The third-order valence-electron chi connectivity index (χ3n) is 2.50. The van der Waals surface area contributed by atoms with Crippen molar-refractivity contribution in [1.82, 2.24) is 0 Å². The number of fused-ring (bicyclic) bond motifs is 1. The van der Waals surface area contributed by atoms with Gasteiger partial charge >= 0.3 is 29.6 Å². The zero-order valence-corrected chi connectivity index (χ0v) is 13.9. The SMILES string of the molecule is Nc1cc(S(=O)(=O)O)c2cccc(S(=O)(=O)O)c2c1.[H-].[Na+]. The molecule has 0 spiro atoms. The largest absolute Gasteiger partial charge is 1.00 e. The average Bonchev–Trinajstić information content (AvgIpc) is 2.24. The maximum absolute atomic E-state index is 11.2. The van der Waals surface area contributed by atoms with Crippen LogP contribution in [0.4, 0.5) is 5.69 Å². The summed E-state index contributed by atoms with van der Waals surface area (Å²) in [6.45, 7) is 0. The van der Waals surface area contributed by atoms with E-state index in [2.05, 4.69) is 0 Å². The minimum absolute atomic E-state index is 0. The van der Waals surface area contributed by atoms with E-state index < -0.39 is 30.0 Å². The molecule has 0 fully saturated rings. The maximum atomic E-state index is 11.2. The Balaban J connectivity index is 0.00000200. The Labute approximate surface area is 139 Å². The van der Waals surface area contributed by atoms with Crippen molar-refractivity contribution in [1.29, 1.82) is 0 Å². The van der Waals surface area contributed by atoms with E-state index in [9.17, 15) is 16.8 Å². The van der Waals surface area contributed by atoms with Gasteiger partial charge in [0.05, 0.1) is 0 Å². The standard InChI is InChI=1S/C10H9NO6S2.Na.H/c11-6-4-8-7(10(5-6)19(15,16)17)2-1-3-9(8)18(12,13)14;;/h1-5H,11H2,(H,12,13,14)(H,15,16,17);;/q;+1;-1. The van der Waals surface area contributed by atoms with Crippen LogP contribution in [0.1, 0.15) is 1.43 Å². The molecule has 20 heavy (non-hydrogen) atoms. The van der Waals surface area contributed by atoms with Crippen LogP contribution in [0.5, 0.6) is 0 Å².